The molecule has 9 heteroatoms. The molecule has 0 spiro atoms. The van der Waals surface area contributed by atoms with Gasteiger partial charge >= 0.3 is 0 Å². The second-order valence-corrected chi connectivity index (χ2v) is 13.4. The van der Waals surface area contributed by atoms with Gasteiger partial charge in [-0.05, 0) is 91.0 Å². The number of halogens is 1. The summed E-state index contributed by atoms with van der Waals surface area (Å²) in [5, 5.41) is 3.03. The van der Waals surface area contributed by atoms with E-state index in [-0.39, 0.29) is 35.7 Å². The maximum absolute atomic E-state index is 13.9. The monoisotopic (exact) mass is 603 g/mol. The SMILES string of the molecule is CC1(C)CCC(C(=O)N2CCCC(Oc3ccc4c(c3)CN(C3CCC(=O)NC3=O)C4=O)CC2)=C(c2ccc(Cl)cc2)C1. The molecule has 4 amide bonds. The van der Waals surface area contributed by atoms with E-state index in [1.807, 2.05) is 41.3 Å². The van der Waals surface area contributed by atoms with Crippen LogP contribution in [0.15, 0.2) is 48.0 Å². The summed E-state index contributed by atoms with van der Waals surface area (Å²) in [5.74, 6) is -0.0991. The van der Waals surface area contributed by atoms with Crippen molar-refractivity contribution in [3.63, 3.8) is 0 Å². The molecule has 0 aromatic heterocycles. The Balaban J connectivity index is 1.12. The molecule has 4 aliphatic rings. The van der Waals surface area contributed by atoms with Crippen molar-refractivity contribution in [3.05, 3.63) is 69.8 Å². The average molecular weight is 604 g/mol. The van der Waals surface area contributed by atoms with Crippen molar-refractivity contribution in [1.82, 2.24) is 15.1 Å². The zero-order chi connectivity index (χ0) is 30.3. The number of rotatable bonds is 5. The van der Waals surface area contributed by atoms with E-state index in [4.69, 9.17) is 16.3 Å². The maximum Gasteiger partial charge on any atom is 0.255 e. The van der Waals surface area contributed by atoms with E-state index in [1.165, 1.54) is 0 Å². The summed E-state index contributed by atoms with van der Waals surface area (Å²) in [7, 11) is 0. The van der Waals surface area contributed by atoms with Gasteiger partial charge in [-0.2, -0.15) is 0 Å². The van der Waals surface area contributed by atoms with Gasteiger partial charge < -0.3 is 14.5 Å². The first-order valence-electron chi connectivity index (χ1n) is 15.3. The Bertz CT molecular complexity index is 1500. The number of ether oxygens (including phenoxy) is 1. The van der Waals surface area contributed by atoms with Gasteiger partial charge in [0.2, 0.25) is 17.7 Å². The number of carbonyl (C=O) groups excluding carboxylic acids is 4. The zero-order valence-electron chi connectivity index (χ0n) is 24.8. The molecule has 43 heavy (non-hydrogen) atoms. The third-order valence-corrected chi connectivity index (χ3v) is 9.53. The lowest BCUT2D eigenvalue weighted by molar-refractivity contribution is -0.137. The molecule has 2 unspecified atom stereocenters. The molecule has 8 nitrogen and oxygen atoms in total. The fraction of sp³-hybridized carbons (Fsp3) is 0.471. The van der Waals surface area contributed by atoms with E-state index < -0.39 is 11.9 Å². The molecule has 1 N–H and O–H groups in total. The minimum atomic E-state index is -0.641. The lowest BCUT2D eigenvalue weighted by atomic mass is 9.72. The van der Waals surface area contributed by atoms with Crippen molar-refractivity contribution in [3.8, 4) is 5.75 Å². The first-order chi connectivity index (χ1) is 20.6. The number of nitrogens with zero attached hydrogens (tertiary/aromatic N) is 2. The molecule has 3 aliphatic heterocycles. The molecule has 2 fully saturated rings. The fourth-order valence-corrected chi connectivity index (χ4v) is 6.97. The zero-order valence-corrected chi connectivity index (χ0v) is 25.5. The van der Waals surface area contributed by atoms with Crippen molar-refractivity contribution in [2.24, 2.45) is 5.41 Å². The Kier molecular flexibility index (Phi) is 8.07. The summed E-state index contributed by atoms with van der Waals surface area (Å²) in [4.78, 5) is 54.4. The highest BCUT2D eigenvalue weighted by atomic mass is 35.5. The molecule has 0 saturated carbocycles. The molecule has 0 bridgehead atoms. The summed E-state index contributed by atoms with van der Waals surface area (Å²) in [6.07, 6.45) is 5.52. The molecule has 6 rings (SSSR count). The van der Waals surface area contributed by atoms with E-state index in [1.54, 1.807) is 11.0 Å². The van der Waals surface area contributed by atoms with Gasteiger partial charge in [-0.3, -0.25) is 24.5 Å². The number of nitrogens with one attached hydrogen (secondary N) is 1. The Morgan fingerprint density at radius 3 is 2.56 bits per heavy atom. The van der Waals surface area contributed by atoms with E-state index in [0.29, 0.717) is 42.4 Å². The highest BCUT2D eigenvalue weighted by Gasteiger charge is 2.39. The Labute approximate surface area is 257 Å². The predicted molar refractivity (Wildman–Crippen MR) is 163 cm³/mol. The molecule has 2 atom stereocenters. The number of imide groups is 1. The van der Waals surface area contributed by atoms with Crippen molar-refractivity contribution < 1.29 is 23.9 Å². The van der Waals surface area contributed by atoms with Gasteiger partial charge in [0.1, 0.15) is 17.9 Å². The molecule has 0 radical (unpaired) electrons. The minimum Gasteiger partial charge on any atom is -0.490 e. The smallest absolute Gasteiger partial charge is 0.255 e. The molecule has 226 valence electrons. The van der Waals surface area contributed by atoms with Crippen LogP contribution in [0.4, 0.5) is 0 Å². The normalized spacial score (nSPS) is 24.0. The lowest BCUT2D eigenvalue weighted by Crippen LogP contribution is -2.52. The van der Waals surface area contributed by atoms with Crippen LogP contribution in [0.3, 0.4) is 0 Å². The first-order valence-corrected chi connectivity index (χ1v) is 15.7. The number of fused-ring (bicyclic) bond motifs is 1. The number of likely N-dealkylation sites (tertiary alicyclic amines) is 1. The summed E-state index contributed by atoms with van der Waals surface area (Å²) in [6.45, 7) is 6.15. The number of benzene rings is 2. The van der Waals surface area contributed by atoms with Crippen molar-refractivity contribution >= 4 is 40.8 Å². The molecular formula is C34H38ClN3O5. The third kappa shape index (κ3) is 6.21. The lowest BCUT2D eigenvalue weighted by Gasteiger charge is -2.35. The third-order valence-electron chi connectivity index (χ3n) is 9.28. The number of hydrogen-bond acceptors (Lipinski definition) is 5. The van der Waals surface area contributed by atoms with E-state index >= 15 is 0 Å². The van der Waals surface area contributed by atoms with Gasteiger partial charge in [0.15, 0.2) is 0 Å². The largest absolute Gasteiger partial charge is 0.490 e. The Morgan fingerprint density at radius 1 is 1.00 bits per heavy atom. The van der Waals surface area contributed by atoms with Crippen LogP contribution in [-0.2, 0) is 20.9 Å². The average Bonchev–Trinajstić information content (AvgIpc) is 3.12. The summed E-state index contributed by atoms with van der Waals surface area (Å²) in [5.41, 5.74) is 4.65. The number of amides is 4. The van der Waals surface area contributed by atoms with E-state index in [9.17, 15) is 19.2 Å². The summed E-state index contributed by atoms with van der Waals surface area (Å²) in [6, 6.07) is 12.6. The topological polar surface area (TPSA) is 96.0 Å². The van der Waals surface area contributed by atoms with Gasteiger partial charge in [-0.25, -0.2) is 0 Å². The second kappa shape index (κ2) is 11.8. The number of piperidine rings is 1. The van der Waals surface area contributed by atoms with Gasteiger partial charge in [0.25, 0.3) is 5.91 Å². The van der Waals surface area contributed by atoms with Gasteiger partial charge in [0, 0.05) is 48.6 Å². The van der Waals surface area contributed by atoms with Crippen LogP contribution in [0.5, 0.6) is 5.75 Å². The summed E-state index contributed by atoms with van der Waals surface area (Å²) < 4.78 is 6.40. The number of hydrogen-bond donors (Lipinski definition) is 1. The van der Waals surface area contributed by atoms with Crippen LogP contribution in [0.25, 0.3) is 5.57 Å². The standard InChI is InChI=1S/C34H38ClN3O5/c1-34(2)15-13-27(28(19-34)21-5-7-23(35)8-6-21)32(41)37-16-3-4-24(14-17-37)43-25-9-10-26-22(18-25)20-38(33(26)42)29-11-12-30(39)36-31(29)40/h5-10,18,24,29H,3-4,11-17,19-20H2,1-2H3,(H,36,39,40). The quantitative estimate of drug-likeness (QED) is 0.454. The van der Waals surface area contributed by atoms with Crippen LogP contribution in [0.2, 0.25) is 5.02 Å². The Morgan fingerprint density at radius 2 is 1.79 bits per heavy atom. The minimum absolute atomic E-state index is 0.0470. The first kappa shape index (κ1) is 29.4. The highest BCUT2D eigenvalue weighted by molar-refractivity contribution is 6.30. The molecule has 1 aliphatic carbocycles. The van der Waals surface area contributed by atoms with Crippen molar-refractivity contribution in [2.45, 2.75) is 83.9 Å². The number of carbonyl (C=O) groups is 4. The van der Waals surface area contributed by atoms with Crippen LogP contribution < -0.4 is 10.1 Å². The van der Waals surface area contributed by atoms with Crippen LogP contribution in [0.1, 0.15) is 86.7 Å². The highest BCUT2D eigenvalue weighted by Crippen LogP contribution is 2.44. The second-order valence-electron chi connectivity index (χ2n) is 13.0. The van der Waals surface area contributed by atoms with Crippen LogP contribution >= 0.6 is 11.6 Å². The van der Waals surface area contributed by atoms with Gasteiger partial charge in [-0.1, -0.05) is 37.6 Å². The van der Waals surface area contributed by atoms with E-state index in [2.05, 4.69) is 19.2 Å². The molecule has 3 heterocycles. The van der Waals surface area contributed by atoms with Crippen LogP contribution in [0, 0.1) is 5.41 Å². The molecular weight excluding hydrogens is 566 g/mol. The van der Waals surface area contributed by atoms with Crippen molar-refractivity contribution in [1.29, 1.82) is 0 Å². The van der Waals surface area contributed by atoms with Crippen LogP contribution in [-0.4, -0.2) is 58.7 Å². The summed E-state index contributed by atoms with van der Waals surface area (Å²) >= 11 is 6.15. The maximum atomic E-state index is 13.9. The predicted octanol–water partition coefficient (Wildman–Crippen LogP) is 5.52. The Hall–Kier alpha value is -3.65. The van der Waals surface area contributed by atoms with Crippen molar-refractivity contribution in [2.75, 3.05) is 13.1 Å². The number of allylic oxidation sites excluding steroid dienone is 1. The molecule has 2 saturated heterocycles. The molecule has 2 aromatic rings. The van der Waals surface area contributed by atoms with E-state index in [0.717, 1.165) is 60.8 Å². The fourth-order valence-electron chi connectivity index (χ4n) is 6.85. The molecule has 2 aromatic carbocycles. The van der Waals surface area contributed by atoms with Gasteiger partial charge in [0.05, 0.1) is 0 Å². The van der Waals surface area contributed by atoms with Gasteiger partial charge in [-0.15, -0.1) is 0 Å².